The molecule has 3 aromatic carbocycles. The van der Waals surface area contributed by atoms with Crippen LogP contribution in [0.25, 0.3) is 0 Å². The number of hydrogen-bond donors (Lipinski definition) is 3. The summed E-state index contributed by atoms with van der Waals surface area (Å²) in [5, 5.41) is 16.7. The van der Waals surface area contributed by atoms with E-state index in [1.165, 1.54) is 30.6 Å². The Balaban J connectivity index is 1.59. The predicted molar refractivity (Wildman–Crippen MR) is 200 cm³/mol. The number of rotatable bonds is 15. The molecule has 4 rings (SSSR count). The van der Waals surface area contributed by atoms with E-state index < -0.39 is 53.3 Å². The molecule has 0 aliphatic heterocycles. The van der Waals surface area contributed by atoms with Crippen LogP contribution in [0.2, 0.25) is 18.1 Å². The van der Waals surface area contributed by atoms with Gasteiger partial charge in [-0.2, -0.15) is 0 Å². The third kappa shape index (κ3) is 10.3. The molecule has 3 N–H and O–H groups in total. The third-order valence-electron chi connectivity index (χ3n) is 8.93. The first-order valence-electron chi connectivity index (χ1n) is 16.2. The van der Waals surface area contributed by atoms with Crippen LogP contribution >= 0.6 is 11.3 Å². The molecule has 4 aromatic rings. The van der Waals surface area contributed by atoms with Crippen molar-refractivity contribution in [3.63, 3.8) is 0 Å². The van der Waals surface area contributed by atoms with Gasteiger partial charge >= 0.3 is 6.09 Å². The van der Waals surface area contributed by atoms with Crippen molar-refractivity contribution in [2.75, 3.05) is 13.7 Å². The number of alkyl carbamates (subject to hydrolysis) is 1. The SMILES string of the molecule is COC(=O)NC(C(=O)NCc1ccc([C@@H](CO[Si](C)(C)C(C)(C)C)NS(=O)(=O)c2ccc([N+](=O)[O-])cc2)s1)C(c1ccccc1)c1ccccc1. The van der Waals surface area contributed by atoms with Gasteiger partial charge < -0.3 is 19.8 Å². The number of benzene rings is 3. The molecule has 0 saturated carbocycles. The number of hydrogen-bond acceptors (Lipinski definition) is 9. The van der Waals surface area contributed by atoms with E-state index in [2.05, 4.69) is 49.2 Å². The van der Waals surface area contributed by atoms with Gasteiger partial charge in [0.2, 0.25) is 15.9 Å². The van der Waals surface area contributed by atoms with E-state index >= 15 is 0 Å². The fraction of sp³-hybridized carbons (Fsp3) is 0.333. The number of non-ortho nitro benzene ring substituents is 1. The second-order valence-electron chi connectivity index (χ2n) is 13.4. The second-order valence-corrected chi connectivity index (χ2v) is 21.2. The molecule has 1 unspecified atom stereocenters. The highest BCUT2D eigenvalue weighted by molar-refractivity contribution is 7.89. The summed E-state index contributed by atoms with van der Waals surface area (Å²) in [5.41, 5.74) is 1.42. The molecule has 15 heteroatoms. The van der Waals surface area contributed by atoms with Crippen molar-refractivity contribution in [3.05, 3.63) is 128 Å². The number of nitrogens with one attached hydrogen (secondary N) is 3. The van der Waals surface area contributed by atoms with Crippen LogP contribution in [0.4, 0.5) is 10.5 Å². The van der Waals surface area contributed by atoms with Crippen LogP contribution in [0.1, 0.15) is 53.6 Å². The van der Waals surface area contributed by atoms with Crippen molar-refractivity contribution in [2.24, 2.45) is 0 Å². The number of nitro groups is 1. The van der Waals surface area contributed by atoms with Crippen molar-refractivity contribution in [1.82, 2.24) is 15.4 Å². The highest BCUT2D eigenvalue weighted by atomic mass is 32.2. The number of carbonyl (C=O) groups excluding carboxylic acids is 2. The van der Waals surface area contributed by atoms with E-state index in [0.29, 0.717) is 4.88 Å². The van der Waals surface area contributed by atoms with Crippen molar-refractivity contribution >= 4 is 47.4 Å². The Morgan fingerprint density at radius 2 is 1.47 bits per heavy atom. The maximum Gasteiger partial charge on any atom is 0.407 e. The number of nitrogens with zero attached hydrogens (tertiary/aromatic N) is 1. The summed E-state index contributed by atoms with van der Waals surface area (Å²) in [5.74, 6) is -0.971. The summed E-state index contributed by atoms with van der Waals surface area (Å²) in [6.45, 7) is 10.6. The Morgan fingerprint density at radius 3 is 1.98 bits per heavy atom. The lowest BCUT2D eigenvalue weighted by Gasteiger charge is -2.37. The first kappa shape index (κ1) is 39.4. The van der Waals surface area contributed by atoms with Crippen molar-refractivity contribution < 1.29 is 32.1 Å². The summed E-state index contributed by atoms with van der Waals surface area (Å²) in [6, 6.07) is 25.2. The average molecular weight is 753 g/mol. The Hall–Kier alpha value is -4.41. The Labute approximate surface area is 303 Å². The molecule has 2 atom stereocenters. The zero-order valence-corrected chi connectivity index (χ0v) is 32.0. The topological polar surface area (TPSA) is 166 Å². The lowest BCUT2D eigenvalue weighted by Crippen LogP contribution is -2.50. The molecule has 0 fully saturated rings. The minimum Gasteiger partial charge on any atom is -0.453 e. The van der Waals surface area contributed by atoms with Crippen molar-refractivity contribution in [3.8, 4) is 0 Å². The highest BCUT2D eigenvalue weighted by Gasteiger charge is 2.38. The molecule has 0 bridgehead atoms. The summed E-state index contributed by atoms with van der Waals surface area (Å²) in [6.07, 6.45) is -0.754. The van der Waals surface area contributed by atoms with E-state index in [1.807, 2.05) is 60.7 Å². The quantitative estimate of drug-likeness (QED) is 0.0672. The van der Waals surface area contributed by atoms with Gasteiger partial charge in [0.05, 0.1) is 36.1 Å². The molecular weight excluding hydrogens is 709 g/mol. The molecule has 2 amide bonds. The number of sulfonamides is 1. The first-order chi connectivity index (χ1) is 24.0. The minimum absolute atomic E-state index is 0.0516. The maximum absolute atomic E-state index is 13.9. The predicted octanol–water partition coefficient (Wildman–Crippen LogP) is 6.87. The van der Waals surface area contributed by atoms with Gasteiger partial charge in [-0.1, -0.05) is 81.4 Å². The molecule has 51 heavy (non-hydrogen) atoms. The van der Waals surface area contributed by atoms with E-state index in [0.717, 1.165) is 28.1 Å². The fourth-order valence-electron chi connectivity index (χ4n) is 5.03. The second kappa shape index (κ2) is 16.7. The van der Waals surface area contributed by atoms with Crippen LogP contribution in [0.3, 0.4) is 0 Å². The molecule has 272 valence electrons. The van der Waals surface area contributed by atoms with E-state index in [9.17, 15) is 28.1 Å². The van der Waals surface area contributed by atoms with Gasteiger partial charge in [-0.05, 0) is 53.5 Å². The summed E-state index contributed by atoms with van der Waals surface area (Å²) < 4.78 is 41.1. The number of amides is 2. The molecule has 1 heterocycles. The fourth-order valence-corrected chi connectivity index (χ4v) is 8.31. The number of ether oxygens (including phenoxy) is 1. The zero-order valence-electron chi connectivity index (χ0n) is 29.4. The molecule has 0 aliphatic rings. The van der Waals surface area contributed by atoms with Gasteiger partial charge in [-0.15, -0.1) is 11.3 Å². The minimum atomic E-state index is -4.11. The monoisotopic (exact) mass is 752 g/mol. The van der Waals surface area contributed by atoms with Gasteiger partial charge in [0.15, 0.2) is 8.32 Å². The summed E-state index contributed by atoms with van der Waals surface area (Å²) in [7, 11) is -5.18. The molecular formula is C36H44N4O8S2Si. The lowest BCUT2D eigenvalue weighted by molar-refractivity contribution is -0.384. The summed E-state index contributed by atoms with van der Waals surface area (Å²) in [4.78, 5) is 38.2. The van der Waals surface area contributed by atoms with Gasteiger partial charge in [-0.25, -0.2) is 17.9 Å². The zero-order chi connectivity index (χ0) is 37.4. The van der Waals surface area contributed by atoms with Gasteiger partial charge in [0, 0.05) is 27.8 Å². The molecule has 1 aromatic heterocycles. The number of thiophene rings is 1. The van der Waals surface area contributed by atoms with Crippen LogP contribution in [0, 0.1) is 10.1 Å². The van der Waals surface area contributed by atoms with E-state index in [4.69, 9.17) is 9.16 Å². The van der Waals surface area contributed by atoms with Crippen LogP contribution < -0.4 is 15.4 Å². The maximum atomic E-state index is 13.9. The first-order valence-corrected chi connectivity index (χ1v) is 21.4. The summed E-state index contributed by atoms with van der Waals surface area (Å²) >= 11 is 1.31. The number of nitro benzene ring substituents is 1. The molecule has 0 radical (unpaired) electrons. The van der Waals surface area contributed by atoms with Gasteiger partial charge in [0.1, 0.15) is 6.04 Å². The Kier molecular flexibility index (Phi) is 12.9. The molecule has 0 spiro atoms. The number of carbonyl (C=O) groups is 2. The standard InChI is InChI=1S/C36H44N4O8S2Si/c1-36(2,3)51(5,6)48-24-30(39-50(45,46)29-20-17-27(18-21-29)40(43)44)31-22-19-28(49-31)23-37-34(41)33(38-35(42)47-4)32(25-13-9-7-10-14-25)26-15-11-8-12-16-26/h7-22,30,32-33,39H,23-24H2,1-6H3,(H,37,41)(H,38,42)/t30-,33?/m1/s1. The van der Waals surface area contributed by atoms with Crippen LogP contribution in [-0.2, 0) is 30.5 Å². The Morgan fingerprint density at radius 1 is 0.902 bits per heavy atom. The van der Waals surface area contributed by atoms with Gasteiger partial charge in [0.25, 0.3) is 5.69 Å². The van der Waals surface area contributed by atoms with E-state index in [1.54, 1.807) is 12.1 Å². The average Bonchev–Trinajstić information content (AvgIpc) is 3.58. The number of methoxy groups -OCH3 is 1. The van der Waals surface area contributed by atoms with Crippen LogP contribution in [0.5, 0.6) is 0 Å². The Bertz CT molecular complexity index is 1860. The third-order valence-corrected chi connectivity index (χ3v) is 16.1. The lowest BCUT2D eigenvalue weighted by atomic mass is 9.84. The molecule has 0 saturated heterocycles. The molecule has 0 aliphatic carbocycles. The van der Waals surface area contributed by atoms with Crippen molar-refractivity contribution in [1.29, 1.82) is 0 Å². The van der Waals surface area contributed by atoms with Gasteiger partial charge in [-0.3, -0.25) is 14.9 Å². The van der Waals surface area contributed by atoms with Crippen LogP contribution in [0.15, 0.2) is 102 Å². The molecule has 12 nitrogen and oxygen atoms in total. The van der Waals surface area contributed by atoms with Crippen molar-refractivity contribution in [2.45, 2.75) is 68.3 Å². The smallest absolute Gasteiger partial charge is 0.407 e. The highest BCUT2D eigenvalue weighted by Crippen LogP contribution is 2.38. The van der Waals surface area contributed by atoms with Crippen LogP contribution in [-0.4, -0.2) is 53.4 Å². The largest absolute Gasteiger partial charge is 0.453 e. The normalized spacial score (nSPS) is 13.3. The van der Waals surface area contributed by atoms with E-state index in [-0.39, 0.29) is 28.8 Å².